The molecular formula is C18H12ClFN4OS. The Morgan fingerprint density at radius 2 is 2.00 bits per heavy atom. The highest BCUT2D eigenvalue weighted by Gasteiger charge is 2.15. The Balaban J connectivity index is 1.51. The fourth-order valence-electron chi connectivity index (χ4n) is 2.52. The Morgan fingerprint density at radius 3 is 2.73 bits per heavy atom. The van der Waals surface area contributed by atoms with Crippen LogP contribution < -0.4 is 5.32 Å². The van der Waals surface area contributed by atoms with Crippen molar-refractivity contribution in [3.8, 4) is 11.3 Å². The molecule has 0 aliphatic rings. The van der Waals surface area contributed by atoms with Gasteiger partial charge in [-0.3, -0.25) is 4.79 Å². The summed E-state index contributed by atoms with van der Waals surface area (Å²) in [5.74, 6) is -0.897. The van der Waals surface area contributed by atoms with E-state index in [0.29, 0.717) is 10.1 Å². The molecule has 130 valence electrons. The number of rotatable bonds is 4. The Labute approximate surface area is 157 Å². The number of anilines is 1. The van der Waals surface area contributed by atoms with Gasteiger partial charge in [-0.1, -0.05) is 59.3 Å². The summed E-state index contributed by atoms with van der Waals surface area (Å²) in [4.78, 5) is 17.3. The summed E-state index contributed by atoms with van der Waals surface area (Å²) in [5.41, 5.74) is 1.96. The topological polar surface area (TPSA) is 59.3 Å². The fraction of sp³-hybridized carbons (Fsp3) is 0.0556. The smallest absolute Gasteiger partial charge is 0.230 e. The van der Waals surface area contributed by atoms with Gasteiger partial charge in [-0.05, 0) is 12.1 Å². The third-order valence-corrected chi connectivity index (χ3v) is 4.95. The normalized spacial score (nSPS) is 11.0. The summed E-state index contributed by atoms with van der Waals surface area (Å²) in [6.07, 6.45) is 1.63. The van der Waals surface area contributed by atoms with Crippen LogP contribution in [0.4, 0.5) is 9.52 Å². The summed E-state index contributed by atoms with van der Waals surface area (Å²) in [5, 5.41) is 7.58. The van der Waals surface area contributed by atoms with Gasteiger partial charge < -0.3 is 5.32 Å². The Morgan fingerprint density at radius 1 is 1.19 bits per heavy atom. The molecule has 2 aromatic heterocycles. The number of nitrogens with one attached hydrogen (secondary N) is 1. The van der Waals surface area contributed by atoms with E-state index in [2.05, 4.69) is 15.4 Å². The largest absolute Gasteiger partial charge is 0.300 e. The number of amides is 1. The third kappa shape index (κ3) is 3.31. The highest BCUT2D eigenvalue weighted by atomic mass is 35.5. The molecule has 0 radical (unpaired) electrons. The Kier molecular flexibility index (Phi) is 4.40. The first-order valence-electron chi connectivity index (χ1n) is 7.74. The van der Waals surface area contributed by atoms with Crippen LogP contribution in [-0.2, 0) is 11.2 Å². The number of benzene rings is 2. The van der Waals surface area contributed by atoms with E-state index in [4.69, 9.17) is 11.6 Å². The van der Waals surface area contributed by atoms with Crippen LogP contribution in [0.25, 0.3) is 16.2 Å². The fourth-order valence-corrected chi connectivity index (χ4v) is 3.55. The van der Waals surface area contributed by atoms with Crippen molar-refractivity contribution in [3.63, 3.8) is 0 Å². The van der Waals surface area contributed by atoms with E-state index < -0.39 is 11.7 Å². The molecule has 0 aliphatic carbocycles. The molecule has 1 N–H and O–H groups in total. The van der Waals surface area contributed by atoms with E-state index in [1.807, 2.05) is 30.3 Å². The Bertz CT molecular complexity index is 1040. The quantitative estimate of drug-likeness (QED) is 0.564. The van der Waals surface area contributed by atoms with Crippen LogP contribution in [0.5, 0.6) is 0 Å². The number of hydrogen-bond acceptors (Lipinski definition) is 4. The Hall–Kier alpha value is -2.77. The van der Waals surface area contributed by atoms with Crippen LogP contribution in [0.2, 0.25) is 5.02 Å². The van der Waals surface area contributed by atoms with E-state index in [1.165, 1.54) is 23.5 Å². The number of nitrogens with zero attached hydrogens (tertiary/aromatic N) is 3. The molecular weight excluding hydrogens is 375 g/mol. The van der Waals surface area contributed by atoms with E-state index in [9.17, 15) is 9.18 Å². The molecule has 0 saturated heterocycles. The van der Waals surface area contributed by atoms with Crippen molar-refractivity contribution in [3.05, 3.63) is 71.1 Å². The zero-order chi connectivity index (χ0) is 18.1. The van der Waals surface area contributed by atoms with Crippen molar-refractivity contribution >= 4 is 38.9 Å². The minimum Gasteiger partial charge on any atom is -0.300 e. The lowest BCUT2D eigenvalue weighted by Gasteiger charge is -2.05. The zero-order valence-electron chi connectivity index (χ0n) is 13.3. The number of halogens is 2. The molecule has 1 amide bonds. The van der Waals surface area contributed by atoms with Crippen molar-refractivity contribution in [1.82, 2.24) is 14.6 Å². The summed E-state index contributed by atoms with van der Waals surface area (Å²) < 4.78 is 15.4. The van der Waals surface area contributed by atoms with E-state index in [0.717, 1.165) is 11.3 Å². The molecule has 5 nitrogen and oxygen atoms in total. The lowest BCUT2D eigenvalue weighted by atomic mass is 10.1. The molecule has 8 heteroatoms. The predicted molar refractivity (Wildman–Crippen MR) is 100 cm³/mol. The van der Waals surface area contributed by atoms with Gasteiger partial charge in [0.15, 0.2) is 0 Å². The summed E-state index contributed by atoms with van der Waals surface area (Å²) in [6.45, 7) is 0. The van der Waals surface area contributed by atoms with Gasteiger partial charge in [-0.15, -0.1) is 5.10 Å². The monoisotopic (exact) mass is 386 g/mol. The van der Waals surface area contributed by atoms with Crippen molar-refractivity contribution in [2.45, 2.75) is 6.42 Å². The number of carbonyl (C=O) groups excluding carboxylic acids is 1. The van der Waals surface area contributed by atoms with Crippen molar-refractivity contribution in [2.24, 2.45) is 0 Å². The van der Waals surface area contributed by atoms with Gasteiger partial charge in [0, 0.05) is 16.1 Å². The summed E-state index contributed by atoms with van der Waals surface area (Å²) in [6, 6.07) is 14.1. The molecule has 26 heavy (non-hydrogen) atoms. The minimum atomic E-state index is -0.505. The summed E-state index contributed by atoms with van der Waals surface area (Å²) >= 11 is 7.19. The number of aromatic nitrogens is 3. The van der Waals surface area contributed by atoms with Gasteiger partial charge in [0.2, 0.25) is 16.0 Å². The van der Waals surface area contributed by atoms with E-state index in [1.54, 1.807) is 16.8 Å². The van der Waals surface area contributed by atoms with Gasteiger partial charge >= 0.3 is 0 Å². The number of hydrogen-bond donors (Lipinski definition) is 1. The predicted octanol–water partition coefficient (Wildman–Crippen LogP) is 4.43. The lowest BCUT2D eigenvalue weighted by molar-refractivity contribution is -0.115. The van der Waals surface area contributed by atoms with Crippen LogP contribution in [0.1, 0.15) is 5.56 Å². The third-order valence-electron chi connectivity index (χ3n) is 3.76. The summed E-state index contributed by atoms with van der Waals surface area (Å²) in [7, 11) is 0. The number of fused-ring (bicyclic) bond motifs is 1. The van der Waals surface area contributed by atoms with Gasteiger partial charge in [-0.2, -0.15) is 0 Å². The molecule has 0 unspecified atom stereocenters. The highest BCUT2D eigenvalue weighted by molar-refractivity contribution is 7.20. The van der Waals surface area contributed by atoms with Crippen molar-refractivity contribution in [1.29, 1.82) is 0 Å². The van der Waals surface area contributed by atoms with Gasteiger partial charge in [0.25, 0.3) is 0 Å². The molecule has 4 rings (SSSR count). The van der Waals surface area contributed by atoms with Crippen molar-refractivity contribution < 1.29 is 9.18 Å². The molecule has 0 saturated carbocycles. The van der Waals surface area contributed by atoms with Crippen LogP contribution in [0, 0.1) is 5.82 Å². The molecule has 0 aliphatic heterocycles. The zero-order valence-corrected chi connectivity index (χ0v) is 14.9. The van der Waals surface area contributed by atoms with Crippen LogP contribution in [-0.4, -0.2) is 20.5 Å². The van der Waals surface area contributed by atoms with Crippen LogP contribution in [0.3, 0.4) is 0 Å². The first-order chi connectivity index (χ1) is 12.6. The molecule has 4 aromatic rings. The van der Waals surface area contributed by atoms with Gasteiger partial charge in [-0.25, -0.2) is 13.9 Å². The average Bonchev–Trinajstić information content (AvgIpc) is 3.17. The second kappa shape index (κ2) is 6.86. The lowest BCUT2D eigenvalue weighted by Crippen LogP contribution is -2.15. The molecule has 2 heterocycles. The first kappa shape index (κ1) is 16.7. The average molecular weight is 387 g/mol. The molecule has 2 aromatic carbocycles. The maximum absolute atomic E-state index is 13.8. The standard InChI is InChI=1S/C18H12ClFN4OS/c19-13-7-4-8-14(20)12(13)9-16(25)22-17-23-24-10-15(21-18(24)26-17)11-5-2-1-3-6-11/h1-8,10H,9H2,(H,22,23,25). The van der Waals surface area contributed by atoms with E-state index in [-0.39, 0.29) is 17.0 Å². The molecule has 0 spiro atoms. The number of imidazole rings is 1. The second-order valence-electron chi connectivity index (χ2n) is 5.55. The second-order valence-corrected chi connectivity index (χ2v) is 6.91. The maximum atomic E-state index is 13.8. The van der Waals surface area contributed by atoms with Crippen molar-refractivity contribution in [2.75, 3.05) is 5.32 Å². The van der Waals surface area contributed by atoms with Crippen LogP contribution in [0.15, 0.2) is 54.7 Å². The molecule has 0 fully saturated rings. The molecule has 0 bridgehead atoms. The SMILES string of the molecule is O=C(Cc1c(F)cccc1Cl)Nc1nn2cc(-c3ccccc3)nc2s1. The molecule has 0 atom stereocenters. The number of carbonyl (C=O) groups is 1. The first-order valence-corrected chi connectivity index (χ1v) is 8.94. The van der Waals surface area contributed by atoms with Gasteiger partial charge in [0.1, 0.15) is 5.82 Å². The maximum Gasteiger partial charge on any atom is 0.230 e. The van der Waals surface area contributed by atoms with E-state index >= 15 is 0 Å². The highest BCUT2D eigenvalue weighted by Crippen LogP contribution is 2.25. The van der Waals surface area contributed by atoms with Gasteiger partial charge in [0.05, 0.1) is 18.3 Å². The minimum absolute atomic E-state index is 0.164. The van der Waals surface area contributed by atoms with Crippen LogP contribution >= 0.6 is 22.9 Å².